The molecule has 10 heteroatoms. The van der Waals surface area contributed by atoms with E-state index in [1.807, 2.05) is 23.6 Å². The standard InChI is InChI=1S/C21H22ClN3O4S2/c1-28-16-5-8-20(29-2)18(13-16)19-14-30-21(23-19)24-9-11-25(12-10-24)31(26,27)17-6-3-15(22)4-7-17/h3-8,13-14H,9-12H2,1-2H3. The third kappa shape index (κ3) is 4.50. The Kier molecular flexibility index (Phi) is 6.38. The quantitative estimate of drug-likeness (QED) is 0.532. The molecule has 3 aromatic rings. The Bertz CT molecular complexity index is 1160. The highest BCUT2D eigenvalue weighted by atomic mass is 35.5. The number of rotatable bonds is 6. The van der Waals surface area contributed by atoms with E-state index in [4.69, 9.17) is 26.1 Å². The third-order valence-corrected chi connectivity index (χ3v) is 8.20. The first-order chi connectivity index (χ1) is 14.9. The van der Waals surface area contributed by atoms with Crippen LogP contribution in [0.25, 0.3) is 11.3 Å². The molecule has 1 saturated heterocycles. The number of piperazine rings is 1. The Morgan fingerprint density at radius 1 is 1.00 bits per heavy atom. The van der Waals surface area contributed by atoms with Gasteiger partial charge in [-0.05, 0) is 42.5 Å². The van der Waals surface area contributed by atoms with Crippen LogP contribution in [0.5, 0.6) is 11.5 Å². The summed E-state index contributed by atoms with van der Waals surface area (Å²) in [5.41, 5.74) is 1.65. The van der Waals surface area contributed by atoms with Gasteiger partial charge in [-0.1, -0.05) is 11.6 Å². The molecule has 31 heavy (non-hydrogen) atoms. The highest BCUT2D eigenvalue weighted by molar-refractivity contribution is 7.89. The molecule has 0 amide bonds. The van der Waals surface area contributed by atoms with Crippen molar-refractivity contribution < 1.29 is 17.9 Å². The lowest BCUT2D eigenvalue weighted by Crippen LogP contribution is -2.48. The molecular formula is C21H22ClN3O4S2. The van der Waals surface area contributed by atoms with Gasteiger partial charge in [0.25, 0.3) is 0 Å². The van der Waals surface area contributed by atoms with E-state index in [-0.39, 0.29) is 4.90 Å². The number of hydrogen-bond acceptors (Lipinski definition) is 7. The summed E-state index contributed by atoms with van der Waals surface area (Å²) < 4.78 is 38.1. The molecule has 0 N–H and O–H groups in total. The Hall–Kier alpha value is -2.33. The van der Waals surface area contributed by atoms with Crippen molar-refractivity contribution in [1.29, 1.82) is 0 Å². The topological polar surface area (TPSA) is 72.0 Å². The van der Waals surface area contributed by atoms with E-state index in [1.54, 1.807) is 38.5 Å². The van der Waals surface area contributed by atoms with Gasteiger partial charge in [0.05, 0.1) is 24.8 Å². The Labute approximate surface area is 190 Å². The summed E-state index contributed by atoms with van der Waals surface area (Å²) >= 11 is 7.41. The molecule has 0 unspecified atom stereocenters. The smallest absolute Gasteiger partial charge is 0.243 e. The molecular weight excluding hydrogens is 458 g/mol. The molecule has 2 heterocycles. The van der Waals surface area contributed by atoms with Crippen molar-refractivity contribution in [3.63, 3.8) is 0 Å². The van der Waals surface area contributed by atoms with Crippen molar-refractivity contribution in [2.45, 2.75) is 4.90 Å². The zero-order valence-electron chi connectivity index (χ0n) is 17.1. The molecule has 1 aromatic heterocycles. The number of hydrogen-bond donors (Lipinski definition) is 0. The number of thiazole rings is 1. The maximum absolute atomic E-state index is 12.9. The van der Waals surface area contributed by atoms with Crippen LogP contribution in [0.2, 0.25) is 5.02 Å². The van der Waals surface area contributed by atoms with E-state index in [9.17, 15) is 8.42 Å². The van der Waals surface area contributed by atoms with Gasteiger partial charge < -0.3 is 14.4 Å². The number of aromatic nitrogens is 1. The molecule has 1 aliphatic rings. The lowest BCUT2D eigenvalue weighted by atomic mass is 10.1. The second-order valence-electron chi connectivity index (χ2n) is 6.93. The second-order valence-corrected chi connectivity index (χ2v) is 10.1. The van der Waals surface area contributed by atoms with Crippen LogP contribution in [0.15, 0.2) is 52.7 Å². The summed E-state index contributed by atoms with van der Waals surface area (Å²) in [6, 6.07) is 11.9. The van der Waals surface area contributed by atoms with Crippen LogP contribution in [0.1, 0.15) is 0 Å². The molecule has 0 bridgehead atoms. The van der Waals surface area contributed by atoms with Gasteiger partial charge in [0, 0.05) is 42.1 Å². The van der Waals surface area contributed by atoms with Crippen LogP contribution in [0, 0.1) is 0 Å². The van der Waals surface area contributed by atoms with Gasteiger partial charge in [-0.25, -0.2) is 13.4 Å². The summed E-state index contributed by atoms with van der Waals surface area (Å²) in [5, 5.41) is 3.34. The van der Waals surface area contributed by atoms with Gasteiger partial charge in [0.15, 0.2) is 5.13 Å². The summed E-state index contributed by atoms with van der Waals surface area (Å²) in [6.07, 6.45) is 0. The van der Waals surface area contributed by atoms with Gasteiger partial charge in [0.2, 0.25) is 10.0 Å². The molecule has 4 rings (SSSR count). The Morgan fingerprint density at radius 2 is 1.71 bits per heavy atom. The predicted molar refractivity (Wildman–Crippen MR) is 123 cm³/mol. The fourth-order valence-electron chi connectivity index (χ4n) is 3.42. The van der Waals surface area contributed by atoms with Crippen LogP contribution >= 0.6 is 22.9 Å². The summed E-state index contributed by atoms with van der Waals surface area (Å²) in [7, 11) is -0.294. The van der Waals surface area contributed by atoms with Crippen LogP contribution in [0.4, 0.5) is 5.13 Å². The first-order valence-electron chi connectivity index (χ1n) is 9.61. The zero-order chi connectivity index (χ0) is 22.0. The van der Waals surface area contributed by atoms with Gasteiger partial charge in [0.1, 0.15) is 11.5 Å². The molecule has 7 nitrogen and oxygen atoms in total. The molecule has 0 atom stereocenters. The van der Waals surface area contributed by atoms with Gasteiger partial charge >= 0.3 is 0 Å². The monoisotopic (exact) mass is 479 g/mol. The number of nitrogens with zero attached hydrogens (tertiary/aromatic N) is 3. The SMILES string of the molecule is COc1ccc(OC)c(-c2csc(N3CCN(S(=O)(=O)c4ccc(Cl)cc4)CC3)n2)c1. The van der Waals surface area contributed by atoms with Gasteiger partial charge in [-0.3, -0.25) is 0 Å². The first-order valence-corrected chi connectivity index (χ1v) is 12.3. The largest absolute Gasteiger partial charge is 0.497 e. The van der Waals surface area contributed by atoms with Crippen molar-refractivity contribution in [3.05, 3.63) is 52.9 Å². The van der Waals surface area contributed by atoms with Crippen molar-refractivity contribution in [1.82, 2.24) is 9.29 Å². The molecule has 0 aliphatic carbocycles. The van der Waals surface area contributed by atoms with E-state index in [0.29, 0.717) is 31.2 Å². The number of sulfonamides is 1. The fraction of sp³-hybridized carbons (Fsp3) is 0.286. The normalized spacial score (nSPS) is 15.1. The molecule has 1 aliphatic heterocycles. The summed E-state index contributed by atoms with van der Waals surface area (Å²) in [4.78, 5) is 7.13. The molecule has 164 valence electrons. The van der Waals surface area contributed by atoms with Crippen molar-refractivity contribution in [2.75, 3.05) is 45.3 Å². The van der Waals surface area contributed by atoms with E-state index in [2.05, 4.69) is 4.90 Å². The average Bonchev–Trinajstić information content (AvgIpc) is 3.29. The van der Waals surface area contributed by atoms with Gasteiger partial charge in [-0.2, -0.15) is 4.31 Å². The molecule has 0 radical (unpaired) electrons. The van der Waals surface area contributed by atoms with Crippen molar-refractivity contribution >= 4 is 38.1 Å². The second kappa shape index (κ2) is 9.04. The minimum Gasteiger partial charge on any atom is -0.497 e. The van der Waals surface area contributed by atoms with Crippen molar-refractivity contribution in [3.8, 4) is 22.8 Å². The van der Waals surface area contributed by atoms with Crippen LogP contribution in [0.3, 0.4) is 0 Å². The lowest BCUT2D eigenvalue weighted by molar-refractivity contribution is 0.385. The van der Waals surface area contributed by atoms with E-state index in [1.165, 1.54) is 15.6 Å². The highest BCUT2D eigenvalue weighted by Crippen LogP contribution is 2.36. The maximum atomic E-state index is 12.9. The third-order valence-electron chi connectivity index (χ3n) is 5.14. The summed E-state index contributed by atoms with van der Waals surface area (Å²) in [5.74, 6) is 1.45. The number of methoxy groups -OCH3 is 2. The molecule has 1 fully saturated rings. The fourth-order valence-corrected chi connectivity index (χ4v) is 5.85. The van der Waals surface area contributed by atoms with E-state index in [0.717, 1.165) is 27.9 Å². The maximum Gasteiger partial charge on any atom is 0.243 e. The predicted octanol–water partition coefficient (Wildman–Crippen LogP) is 3.99. The number of anilines is 1. The van der Waals surface area contributed by atoms with Crippen LogP contribution in [-0.2, 0) is 10.0 Å². The molecule has 0 spiro atoms. The van der Waals surface area contributed by atoms with E-state index < -0.39 is 10.0 Å². The first kappa shape index (κ1) is 21.9. The lowest BCUT2D eigenvalue weighted by Gasteiger charge is -2.33. The Balaban J connectivity index is 1.48. The minimum atomic E-state index is -3.54. The average molecular weight is 480 g/mol. The Morgan fingerprint density at radius 3 is 2.35 bits per heavy atom. The number of ether oxygens (including phenoxy) is 2. The van der Waals surface area contributed by atoms with Crippen LogP contribution < -0.4 is 14.4 Å². The molecule has 0 saturated carbocycles. The number of benzene rings is 2. The van der Waals surface area contributed by atoms with Gasteiger partial charge in [-0.15, -0.1) is 11.3 Å². The van der Waals surface area contributed by atoms with Crippen LogP contribution in [-0.4, -0.2) is 58.1 Å². The zero-order valence-corrected chi connectivity index (χ0v) is 19.5. The van der Waals surface area contributed by atoms with Crippen molar-refractivity contribution in [2.24, 2.45) is 0 Å². The minimum absolute atomic E-state index is 0.256. The molecule has 2 aromatic carbocycles. The van der Waals surface area contributed by atoms with E-state index >= 15 is 0 Å². The number of halogens is 1. The highest BCUT2D eigenvalue weighted by Gasteiger charge is 2.29. The summed E-state index contributed by atoms with van der Waals surface area (Å²) in [6.45, 7) is 1.91.